The van der Waals surface area contributed by atoms with Gasteiger partial charge >= 0.3 is 5.69 Å². The second-order valence-electron chi connectivity index (χ2n) is 6.79. The van der Waals surface area contributed by atoms with Crippen molar-refractivity contribution in [3.8, 4) is 0 Å². The van der Waals surface area contributed by atoms with Gasteiger partial charge in [0.1, 0.15) is 12.2 Å². The van der Waals surface area contributed by atoms with E-state index in [1.807, 2.05) is 35.2 Å². The molecule has 27 heavy (non-hydrogen) atoms. The molecule has 4 rings (SSSR count). The number of para-hydroxylation sites is 1. The molecule has 1 aromatic carbocycles. The lowest BCUT2D eigenvalue weighted by Crippen LogP contribution is -2.40. The van der Waals surface area contributed by atoms with Crippen molar-refractivity contribution in [2.45, 2.75) is 37.8 Å². The van der Waals surface area contributed by atoms with Gasteiger partial charge in [-0.2, -0.15) is 4.98 Å². The van der Waals surface area contributed by atoms with E-state index in [0.29, 0.717) is 18.9 Å². The molecule has 2 aliphatic rings. The molecule has 1 unspecified atom stereocenters. The Bertz CT molecular complexity index is 855. The molecule has 0 bridgehead atoms. The number of carbonyl (C=O) groups is 1. The maximum atomic E-state index is 12.7. The van der Waals surface area contributed by atoms with E-state index < -0.39 is 11.0 Å². The Labute approximate surface area is 156 Å². The Morgan fingerprint density at radius 1 is 1.22 bits per heavy atom. The topological polar surface area (TPSA) is 113 Å². The summed E-state index contributed by atoms with van der Waals surface area (Å²) in [5.41, 5.74) is 0.588. The van der Waals surface area contributed by atoms with Gasteiger partial charge in [-0.25, -0.2) is 4.98 Å². The molecule has 9 heteroatoms. The summed E-state index contributed by atoms with van der Waals surface area (Å²) < 4.78 is 0. The average molecular weight is 368 g/mol. The molecule has 0 spiro atoms. The van der Waals surface area contributed by atoms with Gasteiger partial charge in [0.15, 0.2) is 0 Å². The first-order valence-corrected chi connectivity index (χ1v) is 9.02. The molecule has 1 saturated heterocycles. The van der Waals surface area contributed by atoms with Gasteiger partial charge in [0.25, 0.3) is 0 Å². The minimum absolute atomic E-state index is 0.127. The third-order valence-corrected chi connectivity index (χ3v) is 4.73. The van der Waals surface area contributed by atoms with Gasteiger partial charge in [-0.15, -0.1) is 0 Å². The molecule has 1 aliphatic heterocycles. The quantitative estimate of drug-likeness (QED) is 0.595. The highest BCUT2D eigenvalue weighted by Crippen LogP contribution is 2.32. The van der Waals surface area contributed by atoms with E-state index in [9.17, 15) is 14.9 Å². The molecule has 2 fully saturated rings. The maximum absolute atomic E-state index is 12.7. The minimum atomic E-state index is -0.488. The minimum Gasteiger partial charge on any atom is -0.361 e. The largest absolute Gasteiger partial charge is 0.361 e. The van der Waals surface area contributed by atoms with Crippen molar-refractivity contribution in [2.75, 3.05) is 22.1 Å². The molecule has 2 N–H and O–H groups in total. The van der Waals surface area contributed by atoms with Gasteiger partial charge < -0.3 is 15.5 Å². The van der Waals surface area contributed by atoms with Crippen LogP contribution in [0.25, 0.3) is 0 Å². The Morgan fingerprint density at radius 2 is 2.00 bits per heavy atom. The standard InChI is InChI=1S/C18H20N6O3/c25-17(21-12-5-2-1-3-6-12)14-7-4-10-23(14)18-19-11-15(24(26)27)16(22-18)20-13-8-9-13/h1-3,5-6,11,13-14H,4,7-10H2,(H,21,25)(H,19,20,22). The Balaban J connectivity index is 1.55. The molecule has 1 aromatic heterocycles. The Kier molecular flexibility index (Phi) is 4.57. The van der Waals surface area contributed by atoms with Gasteiger partial charge in [-0.1, -0.05) is 18.2 Å². The lowest BCUT2D eigenvalue weighted by Gasteiger charge is -2.24. The SMILES string of the molecule is O=C(Nc1ccccc1)C1CCCN1c1ncc([N+](=O)[O-])c(NC2CC2)n1. The number of nitro groups is 1. The predicted octanol–water partition coefficient (Wildman–Crippen LogP) is 2.57. The third-order valence-electron chi connectivity index (χ3n) is 4.73. The summed E-state index contributed by atoms with van der Waals surface area (Å²) in [5.74, 6) is 0.438. The van der Waals surface area contributed by atoms with Gasteiger partial charge in [-0.05, 0) is 37.8 Å². The van der Waals surface area contributed by atoms with Crippen LogP contribution in [0.1, 0.15) is 25.7 Å². The maximum Gasteiger partial charge on any atom is 0.329 e. The number of rotatable bonds is 6. The highest BCUT2D eigenvalue weighted by atomic mass is 16.6. The normalized spacial score (nSPS) is 19.0. The fourth-order valence-electron chi connectivity index (χ4n) is 3.19. The van der Waals surface area contributed by atoms with E-state index in [1.165, 1.54) is 6.20 Å². The van der Waals surface area contributed by atoms with Crippen LogP contribution in [-0.4, -0.2) is 39.4 Å². The van der Waals surface area contributed by atoms with Crippen LogP contribution in [0.5, 0.6) is 0 Å². The van der Waals surface area contributed by atoms with Gasteiger partial charge in [0, 0.05) is 18.3 Å². The van der Waals surface area contributed by atoms with Crippen molar-refractivity contribution < 1.29 is 9.72 Å². The monoisotopic (exact) mass is 368 g/mol. The van der Waals surface area contributed by atoms with Gasteiger partial charge in [-0.3, -0.25) is 14.9 Å². The smallest absolute Gasteiger partial charge is 0.329 e. The van der Waals surface area contributed by atoms with Crippen molar-refractivity contribution in [1.82, 2.24) is 9.97 Å². The van der Waals surface area contributed by atoms with Crippen LogP contribution in [0, 0.1) is 10.1 Å². The van der Waals surface area contributed by atoms with E-state index in [4.69, 9.17) is 0 Å². The predicted molar refractivity (Wildman–Crippen MR) is 101 cm³/mol. The summed E-state index contributed by atoms with van der Waals surface area (Å²) >= 11 is 0. The van der Waals surface area contributed by atoms with Crippen LogP contribution in [0.2, 0.25) is 0 Å². The van der Waals surface area contributed by atoms with E-state index >= 15 is 0 Å². The number of aromatic nitrogens is 2. The van der Waals surface area contributed by atoms with E-state index in [1.54, 1.807) is 0 Å². The molecule has 0 radical (unpaired) electrons. The molecule has 1 aliphatic carbocycles. The number of nitrogens with zero attached hydrogens (tertiary/aromatic N) is 4. The van der Waals surface area contributed by atoms with Crippen LogP contribution < -0.4 is 15.5 Å². The number of nitrogens with one attached hydrogen (secondary N) is 2. The fourth-order valence-corrected chi connectivity index (χ4v) is 3.19. The first kappa shape index (κ1) is 17.2. The molecule has 2 heterocycles. The van der Waals surface area contributed by atoms with Gasteiger partial charge in [0.2, 0.25) is 17.7 Å². The zero-order valence-corrected chi connectivity index (χ0v) is 14.7. The molecule has 140 valence electrons. The van der Waals surface area contributed by atoms with Crippen LogP contribution in [0.3, 0.4) is 0 Å². The lowest BCUT2D eigenvalue weighted by molar-refractivity contribution is -0.384. The van der Waals surface area contributed by atoms with Crippen molar-refractivity contribution >= 4 is 29.0 Å². The molecule has 2 aromatic rings. The molecule has 1 amide bonds. The highest BCUT2D eigenvalue weighted by Gasteiger charge is 2.34. The number of amides is 1. The van der Waals surface area contributed by atoms with Crippen LogP contribution >= 0.6 is 0 Å². The first-order valence-electron chi connectivity index (χ1n) is 9.02. The summed E-state index contributed by atoms with van der Waals surface area (Å²) in [7, 11) is 0. The van der Waals surface area contributed by atoms with E-state index in [0.717, 1.165) is 24.9 Å². The molecule has 1 saturated carbocycles. The third kappa shape index (κ3) is 3.81. The second kappa shape index (κ2) is 7.18. The molecule has 9 nitrogen and oxygen atoms in total. The number of hydrogen-bond acceptors (Lipinski definition) is 7. The van der Waals surface area contributed by atoms with Crippen LogP contribution in [-0.2, 0) is 4.79 Å². The summed E-state index contributed by atoms with van der Waals surface area (Å²) in [6.07, 6.45) is 4.69. The number of hydrogen-bond donors (Lipinski definition) is 2. The van der Waals surface area contributed by atoms with Crippen molar-refractivity contribution in [3.05, 3.63) is 46.6 Å². The van der Waals surface area contributed by atoms with Gasteiger partial charge in [0.05, 0.1) is 4.92 Å². The number of benzene rings is 1. The summed E-state index contributed by atoms with van der Waals surface area (Å²) in [6.45, 7) is 0.632. The van der Waals surface area contributed by atoms with Crippen molar-refractivity contribution in [2.24, 2.45) is 0 Å². The summed E-state index contributed by atoms with van der Waals surface area (Å²) in [5, 5.41) is 17.2. The van der Waals surface area contributed by atoms with Crippen LogP contribution in [0.15, 0.2) is 36.5 Å². The fraction of sp³-hybridized carbons (Fsp3) is 0.389. The van der Waals surface area contributed by atoms with Crippen LogP contribution in [0.4, 0.5) is 23.1 Å². The summed E-state index contributed by atoms with van der Waals surface area (Å²) in [4.78, 5) is 33.8. The highest BCUT2D eigenvalue weighted by molar-refractivity contribution is 5.97. The average Bonchev–Trinajstić information content (AvgIpc) is 3.33. The first-order chi connectivity index (χ1) is 13.1. The summed E-state index contributed by atoms with van der Waals surface area (Å²) in [6, 6.07) is 9.09. The zero-order chi connectivity index (χ0) is 18.8. The number of carbonyl (C=O) groups excluding carboxylic acids is 1. The van der Waals surface area contributed by atoms with Crippen molar-refractivity contribution in [1.29, 1.82) is 0 Å². The number of anilines is 3. The van der Waals surface area contributed by atoms with Crippen molar-refractivity contribution in [3.63, 3.8) is 0 Å². The van der Waals surface area contributed by atoms with E-state index in [2.05, 4.69) is 20.6 Å². The molecular formula is C18H20N6O3. The Hall–Kier alpha value is -3.23. The lowest BCUT2D eigenvalue weighted by atomic mass is 10.2. The zero-order valence-electron chi connectivity index (χ0n) is 14.7. The molecule has 1 atom stereocenters. The molecular weight excluding hydrogens is 348 g/mol. The second-order valence-corrected chi connectivity index (χ2v) is 6.79. The Morgan fingerprint density at radius 3 is 2.70 bits per heavy atom. The van der Waals surface area contributed by atoms with E-state index in [-0.39, 0.29) is 23.5 Å².